The average molecular weight is 345 g/mol. The summed E-state index contributed by atoms with van der Waals surface area (Å²) in [5.74, 6) is 0.303. The minimum absolute atomic E-state index is 0.349. The van der Waals surface area contributed by atoms with Crippen molar-refractivity contribution in [2.24, 2.45) is 5.73 Å². The van der Waals surface area contributed by atoms with Crippen LogP contribution in [0.2, 0.25) is 5.02 Å². The van der Waals surface area contributed by atoms with Crippen LogP contribution in [0.4, 0.5) is 4.39 Å². The predicted molar refractivity (Wildman–Crippen MR) is 78.1 cm³/mol. The van der Waals surface area contributed by atoms with Gasteiger partial charge < -0.3 is 10.5 Å². The first kappa shape index (κ1) is 14.3. The molecule has 0 spiro atoms. The van der Waals surface area contributed by atoms with E-state index in [0.717, 1.165) is 0 Å². The minimum atomic E-state index is -0.511. The molecular weight excluding hydrogens is 333 g/mol. The van der Waals surface area contributed by atoms with Crippen LogP contribution in [0.5, 0.6) is 5.75 Å². The van der Waals surface area contributed by atoms with E-state index in [0.29, 0.717) is 26.4 Å². The lowest BCUT2D eigenvalue weighted by molar-refractivity contribution is 0.414. The van der Waals surface area contributed by atoms with Gasteiger partial charge in [-0.3, -0.25) is 0 Å². The van der Waals surface area contributed by atoms with E-state index >= 15 is 0 Å². The largest absolute Gasteiger partial charge is 0.497 e. The van der Waals surface area contributed by atoms with Crippen molar-refractivity contribution in [1.82, 2.24) is 0 Å². The van der Waals surface area contributed by atoms with E-state index < -0.39 is 6.04 Å². The Hall–Kier alpha value is -1.10. The smallest absolute Gasteiger partial charge is 0.137 e. The maximum absolute atomic E-state index is 13.5. The Morgan fingerprint density at radius 1 is 1.26 bits per heavy atom. The van der Waals surface area contributed by atoms with Gasteiger partial charge in [0.05, 0.1) is 17.6 Å². The first-order valence-corrected chi connectivity index (χ1v) is 6.74. The first-order chi connectivity index (χ1) is 9.04. The van der Waals surface area contributed by atoms with Crippen LogP contribution in [0.3, 0.4) is 0 Å². The van der Waals surface area contributed by atoms with Gasteiger partial charge in [0.25, 0.3) is 0 Å². The summed E-state index contributed by atoms with van der Waals surface area (Å²) in [4.78, 5) is 0. The van der Waals surface area contributed by atoms with Gasteiger partial charge in [0, 0.05) is 5.02 Å². The lowest BCUT2D eigenvalue weighted by Crippen LogP contribution is -2.13. The number of ether oxygens (including phenoxy) is 1. The molecule has 0 aromatic heterocycles. The molecule has 0 amide bonds. The number of hydrogen-bond acceptors (Lipinski definition) is 2. The molecule has 2 aromatic carbocycles. The van der Waals surface area contributed by atoms with Crippen LogP contribution >= 0.6 is 27.5 Å². The number of methoxy groups -OCH3 is 1. The molecule has 0 aliphatic rings. The summed E-state index contributed by atoms with van der Waals surface area (Å²) in [5, 5.41) is 0.489. The highest BCUT2D eigenvalue weighted by atomic mass is 79.9. The molecule has 0 saturated heterocycles. The van der Waals surface area contributed by atoms with Gasteiger partial charge in [-0.05, 0) is 45.3 Å². The number of halogens is 3. The van der Waals surface area contributed by atoms with Crippen LogP contribution < -0.4 is 10.5 Å². The van der Waals surface area contributed by atoms with E-state index in [9.17, 15) is 4.39 Å². The molecule has 0 heterocycles. The van der Waals surface area contributed by atoms with Gasteiger partial charge >= 0.3 is 0 Å². The normalized spacial score (nSPS) is 12.3. The van der Waals surface area contributed by atoms with E-state index in [-0.39, 0.29) is 5.82 Å². The summed E-state index contributed by atoms with van der Waals surface area (Å²) in [5.41, 5.74) is 7.52. The second kappa shape index (κ2) is 5.90. The fourth-order valence-corrected chi connectivity index (χ4v) is 2.61. The quantitative estimate of drug-likeness (QED) is 0.901. The fraction of sp³-hybridized carbons (Fsp3) is 0.143. The van der Waals surface area contributed by atoms with E-state index in [1.807, 2.05) is 0 Å². The number of rotatable bonds is 3. The molecule has 5 heteroatoms. The maximum atomic E-state index is 13.5. The zero-order chi connectivity index (χ0) is 14.0. The summed E-state index contributed by atoms with van der Waals surface area (Å²) < 4.78 is 19.0. The predicted octanol–water partition coefficient (Wildman–Crippen LogP) is 4.30. The highest BCUT2D eigenvalue weighted by Gasteiger charge is 2.17. The third-order valence-electron chi connectivity index (χ3n) is 2.86. The second-order valence-electron chi connectivity index (χ2n) is 4.01. The van der Waals surface area contributed by atoms with Crippen molar-refractivity contribution in [2.75, 3.05) is 7.11 Å². The molecule has 2 N–H and O–H groups in total. The lowest BCUT2D eigenvalue weighted by Gasteiger charge is -2.16. The van der Waals surface area contributed by atoms with E-state index in [1.165, 1.54) is 6.07 Å². The Balaban J connectivity index is 2.44. The van der Waals surface area contributed by atoms with Crippen molar-refractivity contribution in [1.29, 1.82) is 0 Å². The summed E-state index contributed by atoms with van der Waals surface area (Å²) in [6.07, 6.45) is 0. The van der Waals surface area contributed by atoms with Gasteiger partial charge in [0.15, 0.2) is 0 Å². The van der Waals surface area contributed by atoms with Gasteiger partial charge in [0.1, 0.15) is 11.6 Å². The van der Waals surface area contributed by atoms with Crippen molar-refractivity contribution < 1.29 is 9.13 Å². The highest BCUT2D eigenvalue weighted by Crippen LogP contribution is 2.33. The van der Waals surface area contributed by atoms with Crippen LogP contribution in [-0.2, 0) is 0 Å². The minimum Gasteiger partial charge on any atom is -0.497 e. The first-order valence-electron chi connectivity index (χ1n) is 5.57. The topological polar surface area (TPSA) is 35.2 Å². The molecule has 2 rings (SSSR count). The van der Waals surface area contributed by atoms with Crippen molar-refractivity contribution in [2.45, 2.75) is 6.04 Å². The lowest BCUT2D eigenvalue weighted by atomic mass is 9.99. The Labute approximate surface area is 124 Å². The summed E-state index contributed by atoms with van der Waals surface area (Å²) >= 11 is 9.38. The molecule has 0 aliphatic carbocycles. The van der Waals surface area contributed by atoms with E-state index in [4.69, 9.17) is 22.1 Å². The van der Waals surface area contributed by atoms with E-state index in [1.54, 1.807) is 37.4 Å². The van der Waals surface area contributed by atoms with Gasteiger partial charge in [-0.15, -0.1) is 0 Å². The molecule has 0 saturated carbocycles. The molecule has 0 bridgehead atoms. The van der Waals surface area contributed by atoms with E-state index in [2.05, 4.69) is 15.9 Å². The zero-order valence-electron chi connectivity index (χ0n) is 10.2. The Kier molecular flexibility index (Phi) is 4.45. The van der Waals surface area contributed by atoms with Crippen LogP contribution in [0.1, 0.15) is 17.2 Å². The Morgan fingerprint density at radius 2 is 2.00 bits per heavy atom. The SMILES string of the molecule is COc1ccc(C(N)c2cccc(F)c2Br)c(Cl)c1. The standard InChI is InChI=1S/C14H12BrClFNO/c1-19-8-5-6-9(11(16)7-8)14(18)10-3-2-4-12(17)13(10)15/h2-7,14H,18H2,1H3. The molecule has 2 aromatic rings. The number of hydrogen-bond donors (Lipinski definition) is 1. The summed E-state index contributed by atoms with van der Waals surface area (Å²) in [6.45, 7) is 0. The molecule has 1 atom stereocenters. The Bertz CT molecular complexity index is 606. The van der Waals surface area contributed by atoms with Gasteiger partial charge in [-0.2, -0.15) is 0 Å². The van der Waals surface area contributed by atoms with Crippen molar-refractivity contribution >= 4 is 27.5 Å². The van der Waals surface area contributed by atoms with Gasteiger partial charge in [-0.1, -0.05) is 29.8 Å². The zero-order valence-corrected chi connectivity index (χ0v) is 12.5. The average Bonchev–Trinajstić information content (AvgIpc) is 2.41. The highest BCUT2D eigenvalue weighted by molar-refractivity contribution is 9.10. The van der Waals surface area contributed by atoms with Gasteiger partial charge in [-0.25, -0.2) is 4.39 Å². The second-order valence-corrected chi connectivity index (χ2v) is 5.21. The fourth-order valence-electron chi connectivity index (χ4n) is 1.82. The van der Waals surface area contributed by atoms with Crippen LogP contribution in [-0.4, -0.2) is 7.11 Å². The Morgan fingerprint density at radius 3 is 2.63 bits per heavy atom. The van der Waals surface area contributed by atoms with Crippen molar-refractivity contribution in [3.63, 3.8) is 0 Å². The van der Waals surface area contributed by atoms with Crippen molar-refractivity contribution in [3.05, 3.63) is 62.8 Å². The summed E-state index contributed by atoms with van der Waals surface area (Å²) in [6, 6.07) is 9.48. The molecule has 100 valence electrons. The monoisotopic (exact) mass is 343 g/mol. The van der Waals surface area contributed by atoms with Crippen LogP contribution in [0, 0.1) is 5.82 Å². The molecule has 0 fully saturated rings. The third kappa shape index (κ3) is 2.91. The maximum Gasteiger partial charge on any atom is 0.137 e. The van der Waals surface area contributed by atoms with Crippen LogP contribution in [0.25, 0.3) is 0 Å². The summed E-state index contributed by atoms with van der Waals surface area (Å²) in [7, 11) is 1.56. The third-order valence-corrected chi connectivity index (χ3v) is 4.02. The molecule has 0 radical (unpaired) electrons. The molecular formula is C14H12BrClFNO. The molecule has 1 unspecified atom stereocenters. The number of benzene rings is 2. The van der Waals surface area contributed by atoms with Crippen LogP contribution in [0.15, 0.2) is 40.9 Å². The number of nitrogens with two attached hydrogens (primary N) is 1. The molecule has 0 aliphatic heterocycles. The molecule has 19 heavy (non-hydrogen) atoms. The van der Waals surface area contributed by atoms with Gasteiger partial charge in [0.2, 0.25) is 0 Å². The van der Waals surface area contributed by atoms with Crippen molar-refractivity contribution in [3.8, 4) is 5.75 Å². The molecule has 2 nitrogen and oxygen atoms in total.